The lowest BCUT2D eigenvalue weighted by molar-refractivity contribution is 0.107. The van der Waals surface area contributed by atoms with Gasteiger partial charge in [-0.2, -0.15) is 0 Å². The van der Waals surface area contributed by atoms with Gasteiger partial charge in [0.05, 0.1) is 19.8 Å². The molecule has 2 N–H and O–H groups in total. The molecule has 0 amide bonds. The summed E-state index contributed by atoms with van der Waals surface area (Å²) in [6.07, 6.45) is 1.23. The van der Waals surface area contributed by atoms with Crippen LogP contribution in [0.15, 0.2) is 59.6 Å². The van der Waals surface area contributed by atoms with Gasteiger partial charge in [-0.1, -0.05) is 61.5 Å². The van der Waals surface area contributed by atoms with Crippen molar-refractivity contribution in [3.8, 4) is 0 Å². The lowest BCUT2D eigenvalue weighted by Crippen LogP contribution is -2.39. The van der Waals surface area contributed by atoms with Crippen molar-refractivity contribution in [2.75, 3.05) is 6.54 Å². The maximum absolute atomic E-state index is 5.84. The number of guanidine groups is 1. The van der Waals surface area contributed by atoms with Gasteiger partial charge in [0.15, 0.2) is 5.96 Å². The monoisotopic (exact) mass is 479 g/mol. The molecule has 27 heavy (non-hydrogen) atoms. The van der Waals surface area contributed by atoms with Crippen LogP contribution in [0, 0.1) is 5.92 Å². The van der Waals surface area contributed by atoms with E-state index in [4.69, 9.17) is 9.73 Å². The summed E-state index contributed by atoms with van der Waals surface area (Å²) in [7, 11) is 0. The molecule has 0 aliphatic heterocycles. The van der Waals surface area contributed by atoms with Crippen LogP contribution in [0.25, 0.3) is 0 Å². The topological polar surface area (TPSA) is 45.7 Å². The molecule has 2 atom stereocenters. The van der Waals surface area contributed by atoms with Crippen LogP contribution in [0.4, 0.5) is 0 Å². The summed E-state index contributed by atoms with van der Waals surface area (Å²) >= 11 is 0. The minimum Gasteiger partial charge on any atom is -0.372 e. The van der Waals surface area contributed by atoms with Crippen molar-refractivity contribution in [2.24, 2.45) is 10.9 Å². The second-order valence-corrected chi connectivity index (χ2v) is 6.96. The smallest absolute Gasteiger partial charge is 0.191 e. The average Bonchev–Trinajstić information content (AvgIpc) is 3.36. The Kier molecular flexibility index (Phi) is 9.07. The number of hydrogen-bond acceptors (Lipinski definition) is 2. The van der Waals surface area contributed by atoms with Crippen LogP contribution in [0.3, 0.4) is 0 Å². The van der Waals surface area contributed by atoms with Gasteiger partial charge < -0.3 is 15.4 Å². The summed E-state index contributed by atoms with van der Waals surface area (Å²) in [6.45, 7) is 7.16. The Bertz CT molecular complexity index is 721. The number of aliphatic imine (C=N–C) groups is 1. The van der Waals surface area contributed by atoms with Gasteiger partial charge in [-0.15, -0.1) is 24.0 Å². The van der Waals surface area contributed by atoms with Gasteiger partial charge in [0.2, 0.25) is 0 Å². The van der Waals surface area contributed by atoms with E-state index in [0.717, 1.165) is 18.4 Å². The molecule has 2 unspecified atom stereocenters. The van der Waals surface area contributed by atoms with Crippen molar-refractivity contribution >= 4 is 29.9 Å². The van der Waals surface area contributed by atoms with Crippen LogP contribution in [-0.4, -0.2) is 18.5 Å². The molecule has 0 aromatic heterocycles. The number of benzene rings is 2. The van der Waals surface area contributed by atoms with Crippen LogP contribution in [0.2, 0.25) is 0 Å². The zero-order chi connectivity index (χ0) is 18.2. The summed E-state index contributed by atoms with van der Waals surface area (Å²) in [6, 6.07) is 19.3. The average molecular weight is 479 g/mol. The predicted molar refractivity (Wildman–Crippen MR) is 122 cm³/mol. The van der Waals surface area contributed by atoms with E-state index in [1.54, 1.807) is 0 Å². The van der Waals surface area contributed by atoms with Gasteiger partial charge >= 0.3 is 0 Å². The molecule has 0 saturated heterocycles. The fourth-order valence-electron chi connectivity index (χ4n) is 2.87. The number of nitrogens with zero attached hydrogens (tertiary/aromatic N) is 1. The molecule has 0 spiro atoms. The van der Waals surface area contributed by atoms with Crippen molar-refractivity contribution in [3.63, 3.8) is 0 Å². The van der Waals surface area contributed by atoms with E-state index in [9.17, 15) is 0 Å². The summed E-state index contributed by atoms with van der Waals surface area (Å²) in [5, 5.41) is 6.82. The molecular weight excluding hydrogens is 449 g/mol. The molecule has 4 nitrogen and oxygen atoms in total. The van der Waals surface area contributed by atoms with E-state index in [2.05, 4.69) is 60.9 Å². The molecule has 1 aliphatic carbocycles. The van der Waals surface area contributed by atoms with Crippen LogP contribution < -0.4 is 10.6 Å². The van der Waals surface area contributed by atoms with Crippen molar-refractivity contribution in [1.82, 2.24) is 10.6 Å². The van der Waals surface area contributed by atoms with Gasteiger partial charge in [0.1, 0.15) is 0 Å². The molecule has 3 rings (SSSR count). The first-order valence-corrected chi connectivity index (χ1v) is 9.49. The van der Waals surface area contributed by atoms with Crippen LogP contribution in [-0.2, 0) is 24.5 Å². The largest absolute Gasteiger partial charge is 0.372 e. The molecule has 5 heteroatoms. The standard InChI is InChI=1S/C22H29N3O.HI/c1-3-23-22(25-21-12-17(21)2)24-14-19-10-7-11-20(13-19)16-26-15-18-8-5-4-6-9-18;/h4-11,13,17,21H,3,12,14-16H2,1-2H3,(H2,23,24,25);1H. The van der Waals surface area contributed by atoms with Crippen molar-refractivity contribution < 1.29 is 4.74 Å². The molecule has 2 aromatic rings. The fourth-order valence-corrected chi connectivity index (χ4v) is 2.87. The number of rotatable bonds is 8. The normalized spacial score (nSPS) is 18.5. The van der Waals surface area contributed by atoms with Gasteiger partial charge in [0.25, 0.3) is 0 Å². The molecular formula is C22H30IN3O. The second kappa shape index (κ2) is 11.3. The Morgan fingerprint density at radius 2 is 1.70 bits per heavy atom. The molecule has 1 saturated carbocycles. The highest BCUT2D eigenvalue weighted by molar-refractivity contribution is 14.0. The molecule has 0 radical (unpaired) electrons. The lowest BCUT2D eigenvalue weighted by Gasteiger charge is -2.11. The Morgan fingerprint density at radius 1 is 1.04 bits per heavy atom. The molecule has 0 heterocycles. The zero-order valence-electron chi connectivity index (χ0n) is 16.2. The third-order valence-electron chi connectivity index (χ3n) is 4.57. The second-order valence-electron chi connectivity index (χ2n) is 6.96. The van der Waals surface area contributed by atoms with E-state index < -0.39 is 0 Å². The van der Waals surface area contributed by atoms with Gasteiger partial charge in [-0.3, -0.25) is 0 Å². The van der Waals surface area contributed by atoms with E-state index >= 15 is 0 Å². The Hall–Kier alpha value is -1.60. The first-order chi connectivity index (χ1) is 12.7. The van der Waals surface area contributed by atoms with Crippen LogP contribution >= 0.6 is 24.0 Å². The van der Waals surface area contributed by atoms with E-state index in [1.807, 2.05) is 18.2 Å². The highest BCUT2D eigenvalue weighted by atomic mass is 127. The number of ether oxygens (including phenoxy) is 1. The summed E-state index contributed by atoms with van der Waals surface area (Å²) in [5.74, 6) is 1.66. The predicted octanol–water partition coefficient (Wildman–Crippen LogP) is 4.48. The molecule has 1 aliphatic rings. The van der Waals surface area contributed by atoms with Crippen molar-refractivity contribution in [1.29, 1.82) is 0 Å². The van der Waals surface area contributed by atoms with Crippen molar-refractivity contribution in [3.05, 3.63) is 71.3 Å². The van der Waals surface area contributed by atoms with Crippen molar-refractivity contribution in [2.45, 2.75) is 46.1 Å². The summed E-state index contributed by atoms with van der Waals surface area (Å²) in [4.78, 5) is 4.72. The Balaban J connectivity index is 0.00000261. The first-order valence-electron chi connectivity index (χ1n) is 9.49. The van der Waals surface area contributed by atoms with Gasteiger partial charge in [-0.25, -0.2) is 4.99 Å². The Labute approximate surface area is 179 Å². The minimum atomic E-state index is 0. The number of hydrogen-bond donors (Lipinski definition) is 2. The molecule has 2 aromatic carbocycles. The van der Waals surface area contributed by atoms with E-state index in [1.165, 1.54) is 23.1 Å². The number of nitrogens with one attached hydrogen (secondary N) is 2. The van der Waals surface area contributed by atoms with E-state index in [-0.39, 0.29) is 24.0 Å². The highest BCUT2D eigenvalue weighted by Gasteiger charge is 2.33. The van der Waals surface area contributed by atoms with E-state index in [0.29, 0.717) is 25.8 Å². The van der Waals surface area contributed by atoms with Crippen LogP contribution in [0.1, 0.15) is 37.0 Å². The highest BCUT2D eigenvalue weighted by Crippen LogP contribution is 2.28. The fraction of sp³-hybridized carbons (Fsp3) is 0.409. The van der Waals surface area contributed by atoms with Gasteiger partial charge in [0, 0.05) is 12.6 Å². The summed E-state index contributed by atoms with van der Waals surface area (Å²) < 4.78 is 5.84. The third-order valence-corrected chi connectivity index (χ3v) is 4.57. The quantitative estimate of drug-likeness (QED) is 0.333. The summed E-state index contributed by atoms with van der Waals surface area (Å²) in [5.41, 5.74) is 3.58. The third kappa shape index (κ3) is 7.50. The SMILES string of the molecule is CCNC(=NCc1cccc(COCc2ccccc2)c1)NC1CC1C.I. The van der Waals surface area contributed by atoms with Crippen LogP contribution in [0.5, 0.6) is 0 Å². The van der Waals surface area contributed by atoms with Gasteiger partial charge in [-0.05, 0) is 36.0 Å². The molecule has 1 fully saturated rings. The number of halogens is 1. The minimum absolute atomic E-state index is 0. The maximum Gasteiger partial charge on any atom is 0.191 e. The Morgan fingerprint density at radius 3 is 2.41 bits per heavy atom. The molecule has 146 valence electrons. The lowest BCUT2D eigenvalue weighted by atomic mass is 10.1. The molecule has 0 bridgehead atoms. The maximum atomic E-state index is 5.84. The first kappa shape index (κ1) is 21.7. The zero-order valence-corrected chi connectivity index (χ0v) is 18.5.